The summed E-state index contributed by atoms with van der Waals surface area (Å²) in [5.41, 5.74) is 0.495. The van der Waals surface area contributed by atoms with Crippen LogP contribution in [-0.4, -0.2) is 54.8 Å². The van der Waals surface area contributed by atoms with Crippen LogP contribution >= 0.6 is 11.6 Å². The van der Waals surface area contributed by atoms with Crippen molar-refractivity contribution in [3.8, 4) is 0 Å². The highest BCUT2D eigenvalue weighted by Crippen LogP contribution is 2.32. The smallest absolute Gasteiger partial charge is 0.164 e. The van der Waals surface area contributed by atoms with E-state index in [1.165, 1.54) is 6.33 Å². The van der Waals surface area contributed by atoms with Gasteiger partial charge in [0.2, 0.25) is 0 Å². The van der Waals surface area contributed by atoms with E-state index >= 15 is 0 Å². The third kappa shape index (κ3) is 1.90. The average Bonchev–Trinajstić information content (AvgIpc) is 2.94. The number of rotatable bonds is 2. The number of halogens is 1. The molecule has 0 radical (unpaired) electrons. The van der Waals surface area contributed by atoms with E-state index in [0.717, 1.165) is 0 Å². The van der Waals surface area contributed by atoms with Crippen LogP contribution in [0.4, 0.5) is 0 Å². The lowest BCUT2D eigenvalue weighted by Gasteiger charge is -2.17. The largest absolute Gasteiger partial charge is 0.394 e. The quantitative estimate of drug-likeness (QED) is 0.655. The van der Waals surface area contributed by atoms with Crippen LogP contribution in [-0.2, 0) is 4.74 Å². The number of fused-ring (bicyclic) bond motifs is 1. The SMILES string of the molecule is OC[C@H]1O[C@H](n2ccc3c(Cl)ncnc32)[C@@H](O)[C@H]1O. The molecule has 2 aromatic rings. The van der Waals surface area contributed by atoms with Gasteiger partial charge in [0, 0.05) is 6.20 Å². The lowest BCUT2D eigenvalue weighted by molar-refractivity contribution is -0.0508. The molecular formula is C11H12ClN3O4. The van der Waals surface area contributed by atoms with Gasteiger partial charge in [0.05, 0.1) is 12.0 Å². The van der Waals surface area contributed by atoms with Crippen molar-refractivity contribution in [3.05, 3.63) is 23.7 Å². The molecule has 3 heterocycles. The van der Waals surface area contributed by atoms with Gasteiger partial charge in [-0.3, -0.25) is 0 Å². The summed E-state index contributed by atoms with van der Waals surface area (Å²) in [7, 11) is 0. The number of aromatic nitrogens is 3. The molecule has 0 amide bonds. The molecule has 0 spiro atoms. The van der Waals surface area contributed by atoms with Crippen molar-refractivity contribution >= 4 is 22.6 Å². The first-order valence-corrected chi connectivity index (χ1v) is 6.10. The normalized spacial score (nSPS) is 31.2. The van der Waals surface area contributed by atoms with Gasteiger partial charge in [-0.25, -0.2) is 9.97 Å². The maximum atomic E-state index is 9.98. The van der Waals surface area contributed by atoms with Crippen molar-refractivity contribution in [2.45, 2.75) is 24.5 Å². The van der Waals surface area contributed by atoms with Crippen molar-refractivity contribution in [2.75, 3.05) is 6.61 Å². The highest BCUT2D eigenvalue weighted by molar-refractivity contribution is 6.33. The van der Waals surface area contributed by atoms with Crippen LogP contribution in [0.3, 0.4) is 0 Å². The molecule has 8 heteroatoms. The molecule has 3 rings (SSSR count). The Morgan fingerprint density at radius 2 is 2.11 bits per heavy atom. The van der Waals surface area contributed by atoms with Gasteiger partial charge in [0.1, 0.15) is 35.4 Å². The van der Waals surface area contributed by atoms with E-state index in [-0.39, 0.29) is 6.61 Å². The molecule has 1 fully saturated rings. The number of nitrogens with zero attached hydrogens (tertiary/aromatic N) is 3. The van der Waals surface area contributed by atoms with Gasteiger partial charge in [0.15, 0.2) is 6.23 Å². The molecular weight excluding hydrogens is 274 g/mol. The second kappa shape index (κ2) is 4.69. The molecule has 7 nitrogen and oxygen atoms in total. The molecule has 0 aromatic carbocycles. The van der Waals surface area contributed by atoms with E-state index in [2.05, 4.69) is 9.97 Å². The van der Waals surface area contributed by atoms with E-state index in [9.17, 15) is 10.2 Å². The first kappa shape index (κ1) is 12.8. The van der Waals surface area contributed by atoms with E-state index in [1.54, 1.807) is 16.8 Å². The molecule has 0 bridgehead atoms. The second-order valence-corrected chi connectivity index (χ2v) is 4.71. The van der Waals surface area contributed by atoms with Gasteiger partial charge in [0.25, 0.3) is 0 Å². The van der Waals surface area contributed by atoms with E-state index < -0.39 is 24.5 Å². The van der Waals surface area contributed by atoms with Crippen LogP contribution in [0.1, 0.15) is 6.23 Å². The molecule has 1 aliphatic rings. The molecule has 0 saturated carbocycles. The van der Waals surface area contributed by atoms with Crippen LogP contribution in [0.2, 0.25) is 5.15 Å². The number of ether oxygens (including phenoxy) is 1. The van der Waals surface area contributed by atoms with E-state index in [0.29, 0.717) is 16.2 Å². The molecule has 2 aromatic heterocycles. The fraction of sp³-hybridized carbons (Fsp3) is 0.455. The Kier molecular flexibility index (Phi) is 3.15. The molecule has 1 saturated heterocycles. The number of hydrogen-bond donors (Lipinski definition) is 3. The Labute approximate surface area is 113 Å². The zero-order valence-corrected chi connectivity index (χ0v) is 10.5. The number of aliphatic hydroxyl groups excluding tert-OH is 3. The van der Waals surface area contributed by atoms with Gasteiger partial charge in [-0.1, -0.05) is 11.6 Å². The summed E-state index contributed by atoms with van der Waals surface area (Å²) in [5, 5.41) is 29.7. The van der Waals surface area contributed by atoms with Crippen molar-refractivity contribution in [1.82, 2.24) is 14.5 Å². The standard InChI is InChI=1S/C11H12ClN3O4/c12-9-5-1-2-15(10(5)14-4-13-9)11-8(18)7(17)6(3-16)19-11/h1-2,4,6-8,11,16-18H,3H2/t6-,7+,8+,11+/m1/s1. The predicted molar refractivity (Wildman–Crippen MR) is 65.5 cm³/mol. The topological polar surface area (TPSA) is 101 Å². The maximum absolute atomic E-state index is 9.98. The van der Waals surface area contributed by atoms with Crippen molar-refractivity contribution in [3.63, 3.8) is 0 Å². The van der Waals surface area contributed by atoms with Crippen LogP contribution in [0, 0.1) is 0 Å². The third-order valence-electron chi connectivity index (χ3n) is 3.25. The molecule has 0 unspecified atom stereocenters. The van der Waals surface area contributed by atoms with Gasteiger partial charge < -0.3 is 24.6 Å². The Bertz CT molecular complexity index is 605. The molecule has 102 valence electrons. The van der Waals surface area contributed by atoms with E-state index in [4.69, 9.17) is 21.4 Å². The fourth-order valence-electron chi connectivity index (χ4n) is 2.26. The molecule has 3 N–H and O–H groups in total. The predicted octanol–water partition coefficient (Wildman–Crippen LogP) is -0.304. The van der Waals surface area contributed by atoms with E-state index in [1.807, 2.05) is 0 Å². The van der Waals surface area contributed by atoms with Crippen molar-refractivity contribution in [1.29, 1.82) is 0 Å². The van der Waals surface area contributed by atoms with Gasteiger partial charge in [-0.2, -0.15) is 0 Å². The monoisotopic (exact) mass is 285 g/mol. The zero-order valence-electron chi connectivity index (χ0n) is 9.72. The Morgan fingerprint density at radius 1 is 1.32 bits per heavy atom. The lowest BCUT2D eigenvalue weighted by atomic mass is 10.1. The fourth-order valence-corrected chi connectivity index (χ4v) is 2.45. The van der Waals surface area contributed by atoms with Crippen LogP contribution in [0.15, 0.2) is 18.6 Å². The second-order valence-electron chi connectivity index (χ2n) is 4.35. The highest BCUT2D eigenvalue weighted by Gasteiger charge is 2.43. The van der Waals surface area contributed by atoms with Gasteiger partial charge in [-0.15, -0.1) is 0 Å². The summed E-state index contributed by atoms with van der Waals surface area (Å²) in [6, 6.07) is 1.70. The van der Waals surface area contributed by atoms with Crippen LogP contribution < -0.4 is 0 Å². The Morgan fingerprint density at radius 3 is 2.79 bits per heavy atom. The molecule has 4 atom stereocenters. The highest BCUT2D eigenvalue weighted by atomic mass is 35.5. The first-order valence-electron chi connectivity index (χ1n) is 5.73. The molecule has 19 heavy (non-hydrogen) atoms. The summed E-state index contributed by atoms with van der Waals surface area (Å²) in [5.74, 6) is 0. The van der Waals surface area contributed by atoms with Crippen molar-refractivity contribution < 1.29 is 20.1 Å². The summed E-state index contributed by atoms with van der Waals surface area (Å²) >= 11 is 5.94. The summed E-state index contributed by atoms with van der Waals surface area (Å²) in [6.45, 7) is -0.371. The minimum absolute atomic E-state index is 0.301. The van der Waals surface area contributed by atoms with Gasteiger partial charge >= 0.3 is 0 Å². The van der Waals surface area contributed by atoms with Gasteiger partial charge in [-0.05, 0) is 6.07 Å². The maximum Gasteiger partial charge on any atom is 0.164 e. The van der Waals surface area contributed by atoms with Crippen molar-refractivity contribution in [2.24, 2.45) is 0 Å². The minimum atomic E-state index is -1.15. The summed E-state index contributed by atoms with van der Waals surface area (Å²) in [6.07, 6.45) is -0.995. The lowest BCUT2D eigenvalue weighted by Crippen LogP contribution is -2.33. The Hall–Kier alpha value is -1.25. The first-order chi connectivity index (χ1) is 9.13. The average molecular weight is 286 g/mol. The summed E-state index contributed by atoms with van der Waals surface area (Å²) in [4.78, 5) is 7.95. The summed E-state index contributed by atoms with van der Waals surface area (Å²) < 4.78 is 7.00. The van der Waals surface area contributed by atoms with Crippen LogP contribution in [0.25, 0.3) is 11.0 Å². The minimum Gasteiger partial charge on any atom is -0.394 e. The number of hydrogen-bond acceptors (Lipinski definition) is 6. The zero-order chi connectivity index (χ0) is 13.6. The third-order valence-corrected chi connectivity index (χ3v) is 3.55. The molecule has 0 aliphatic carbocycles. The van der Waals surface area contributed by atoms with Crippen LogP contribution in [0.5, 0.6) is 0 Å². The number of aliphatic hydroxyl groups is 3. The molecule has 1 aliphatic heterocycles. The Balaban J connectivity index is 2.04.